The maximum absolute atomic E-state index is 14.0. The van der Waals surface area contributed by atoms with Crippen molar-refractivity contribution < 1.29 is 14.4 Å². The summed E-state index contributed by atoms with van der Waals surface area (Å²) < 4.78 is 0. The van der Waals surface area contributed by atoms with Crippen LogP contribution in [0.1, 0.15) is 61.6 Å². The minimum Gasteiger partial charge on any atom is -0.397 e. The number of aryl methyl sites for hydroxylation is 1. The Morgan fingerprint density at radius 2 is 1.61 bits per heavy atom. The van der Waals surface area contributed by atoms with Crippen molar-refractivity contribution in [3.05, 3.63) is 58.1 Å². The Kier molecular flexibility index (Phi) is 9.33. The number of nitrogens with one attached hydrogen (secondary N) is 1. The number of rotatable bonds is 7. The molecule has 4 amide bonds. The van der Waals surface area contributed by atoms with Crippen LogP contribution in [0.4, 0.5) is 16.2 Å². The van der Waals surface area contributed by atoms with Gasteiger partial charge in [-0.1, -0.05) is 35.9 Å². The first kappa shape index (κ1) is 30.7. The van der Waals surface area contributed by atoms with Gasteiger partial charge in [-0.15, -0.1) is 0 Å². The normalized spacial score (nSPS) is 20.9. The monoisotopic (exact) mass is 620 g/mol. The summed E-state index contributed by atoms with van der Waals surface area (Å²) in [5.41, 5.74) is 10.4. The molecule has 0 bridgehead atoms. The number of hydrogen-bond donors (Lipinski definition) is 2. The minimum atomic E-state index is -0.466. The van der Waals surface area contributed by atoms with Crippen molar-refractivity contribution in [3.8, 4) is 0 Å². The Bertz CT molecular complexity index is 1360. The molecule has 3 saturated heterocycles. The van der Waals surface area contributed by atoms with Crippen molar-refractivity contribution in [2.45, 2.75) is 76.9 Å². The lowest BCUT2D eigenvalue weighted by molar-refractivity contribution is -0.143. The first-order valence-electron chi connectivity index (χ1n) is 16.3. The van der Waals surface area contributed by atoms with E-state index in [0.29, 0.717) is 42.8 Å². The van der Waals surface area contributed by atoms with E-state index in [2.05, 4.69) is 10.2 Å². The number of amides is 4. The van der Waals surface area contributed by atoms with Crippen molar-refractivity contribution in [2.75, 3.05) is 50.3 Å². The predicted molar refractivity (Wildman–Crippen MR) is 173 cm³/mol. The molecule has 6 rings (SSSR count). The second-order valence-electron chi connectivity index (χ2n) is 13.0. The van der Waals surface area contributed by atoms with Gasteiger partial charge in [0.2, 0.25) is 11.8 Å². The van der Waals surface area contributed by atoms with Crippen LogP contribution in [0.15, 0.2) is 36.4 Å². The number of fused-ring (bicyclic) bond motifs is 1. The van der Waals surface area contributed by atoms with Crippen LogP contribution < -0.4 is 11.1 Å². The number of benzene rings is 2. The fraction of sp³-hybridized carbons (Fsp3) is 0.559. The van der Waals surface area contributed by atoms with E-state index in [4.69, 9.17) is 17.3 Å². The van der Waals surface area contributed by atoms with E-state index in [1.54, 1.807) is 0 Å². The molecule has 0 aromatic heterocycles. The van der Waals surface area contributed by atoms with E-state index in [1.807, 2.05) is 58.0 Å². The average Bonchev–Trinajstić information content (AvgIpc) is 3.58. The van der Waals surface area contributed by atoms with Crippen molar-refractivity contribution in [1.82, 2.24) is 19.6 Å². The number of likely N-dealkylation sites (tertiary alicyclic amines) is 3. The van der Waals surface area contributed by atoms with Crippen LogP contribution in [0.25, 0.3) is 0 Å². The van der Waals surface area contributed by atoms with E-state index in [9.17, 15) is 14.4 Å². The summed E-state index contributed by atoms with van der Waals surface area (Å²) in [5, 5.41) is 3.49. The van der Waals surface area contributed by atoms with E-state index < -0.39 is 5.92 Å². The highest BCUT2D eigenvalue weighted by molar-refractivity contribution is 6.33. The smallest absolute Gasteiger partial charge is 0.322 e. The minimum absolute atomic E-state index is 0.000424. The Morgan fingerprint density at radius 3 is 2.32 bits per heavy atom. The number of nitrogens with zero attached hydrogens (tertiary/aromatic N) is 4. The van der Waals surface area contributed by atoms with Crippen LogP contribution in [0, 0.1) is 12.8 Å². The number of carbonyl (C=O) groups excluding carboxylic acids is 3. The second-order valence-corrected chi connectivity index (χ2v) is 13.4. The highest BCUT2D eigenvalue weighted by Gasteiger charge is 2.36. The van der Waals surface area contributed by atoms with Gasteiger partial charge in [-0.05, 0) is 93.8 Å². The molecule has 0 radical (unpaired) electrons. The van der Waals surface area contributed by atoms with Gasteiger partial charge < -0.3 is 30.7 Å². The van der Waals surface area contributed by atoms with E-state index >= 15 is 0 Å². The molecule has 1 atom stereocenters. The van der Waals surface area contributed by atoms with Crippen LogP contribution in [0.2, 0.25) is 5.02 Å². The van der Waals surface area contributed by atoms with Gasteiger partial charge in [0.05, 0.1) is 16.6 Å². The zero-order valence-corrected chi connectivity index (χ0v) is 26.5. The number of nitrogen functional groups attached to an aromatic ring is 1. The summed E-state index contributed by atoms with van der Waals surface area (Å²) in [7, 11) is 0. The molecule has 44 heavy (non-hydrogen) atoms. The Labute approximate surface area is 265 Å². The number of para-hydroxylation sites is 1. The first-order chi connectivity index (χ1) is 21.3. The van der Waals surface area contributed by atoms with Gasteiger partial charge in [0, 0.05) is 56.9 Å². The number of halogens is 1. The lowest BCUT2D eigenvalue weighted by atomic mass is 9.91. The molecule has 0 unspecified atom stereocenters. The molecule has 0 spiro atoms. The number of hydrogen-bond acceptors (Lipinski definition) is 5. The van der Waals surface area contributed by atoms with Gasteiger partial charge in [0.15, 0.2) is 0 Å². The maximum Gasteiger partial charge on any atom is 0.322 e. The van der Waals surface area contributed by atoms with Crippen LogP contribution in [-0.2, 0) is 22.6 Å². The Morgan fingerprint density at radius 1 is 0.955 bits per heavy atom. The van der Waals surface area contributed by atoms with Crippen LogP contribution in [-0.4, -0.2) is 88.8 Å². The van der Waals surface area contributed by atoms with Crippen LogP contribution in [0.3, 0.4) is 0 Å². The number of anilines is 2. The van der Waals surface area contributed by atoms with Gasteiger partial charge in [0.25, 0.3) is 0 Å². The molecular formula is C34H45ClN6O3. The first-order valence-corrected chi connectivity index (χ1v) is 16.6. The van der Waals surface area contributed by atoms with Crippen LogP contribution in [0.5, 0.6) is 0 Å². The fourth-order valence-corrected chi connectivity index (χ4v) is 7.87. The molecule has 4 heterocycles. The molecule has 0 saturated carbocycles. The highest BCUT2D eigenvalue weighted by Crippen LogP contribution is 2.30. The van der Waals surface area contributed by atoms with Crippen molar-refractivity contribution in [1.29, 1.82) is 0 Å². The summed E-state index contributed by atoms with van der Waals surface area (Å²) in [4.78, 5) is 48.9. The summed E-state index contributed by atoms with van der Waals surface area (Å²) in [6.07, 6.45) is 6.55. The fourth-order valence-electron chi connectivity index (χ4n) is 7.58. The molecule has 0 aliphatic carbocycles. The van der Waals surface area contributed by atoms with Gasteiger partial charge in [-0.3, -0.25) is 9.59 Å². The van der Waals surface area contributed by atoms with Gasteiger partial charge in [-0.25, -0.2) is 4.79 Å². The summed E-state index contributed by atoms with van der Waals surface area (Å²) >= 11 is 6.42. The molecule has 3 fully saturated rings. The van der Waals surface area contributed by atoms with Gasteiger partial charge in [0.1, 0.15) is 0 Å². The number of carbonyl (C=O) groups is 3. The molecule has 236 valence electrons. The Balaban J connectivity index is 1.10. The van der Waals surface area contributed by atoms with E-state index in [-0.39, 0.29) is 30.3 Å². The quantitative estimate of drug-likeness (QED) is 0.429. The summed E-state index contributed by atoms with van der Waals surface area (Å²) in [6, 6.07) is 12.3. The molecule has 2 aromatic carbocycles. The zero-order chi connectivity index (χ0) is 30.8. The van der Waals surface area contributed by atoms with Crippen LogP contribution >= 0.6 is 11.6 Å². The number of piperidine rings is 2. The molecular weight excluding hydrogens is 576 g/mol. The van der Waals surface area contributed by atoms with Crippen molar-refractivity contribution >= 4 is 40.8 Å². The Hall–Kier alpha value is -3.30. The predicted octanol–water partition coefficient (Wildman–Crippen LogP) is 4.90. The molecule has 10 heteroatoms. The van der Waals surface area contributed by atoms with Gasteiger partial charge >= 0.3 is 6.03 Å². The highest BCUT2D eigenvalue weighted by atomic mass is 35.5. The van der Waals surface area contributed by atoms with Crippen molar-refractivity contribution in [2.24, 2.45) is 5.92 Å². The zero-order valence-electron chi connectivity index (χ0n) is 25.8. The topological polar surface area (TPSA) is 102 Å². The second kappa shape index (κ2) is 13.4. The maximum atomic E-state index is 14.0. The molecule has 4 aliphatic rings. The lowest BCUT2D eigenvalue weighted by Crippen LogP contribution is -2.51. The number of nitrogens with two attached hydrogens (primary N) is 1. The van der Waals surface area contributed by atoms with Gasteiger partial charge in [-0.2, -0.15) is 0 Å². The lowest BCUT2D eigenvalue weighted by Gasteiger charge is -2.41. The molecule has 2 aromatic rings. The molecule has 9 nitrogen and oxygen atoms in total. The molecule has 3 N–H and O–H groups in total. The third-order valence-corrected chi connectivity index (χ3v) is 10.5. The van der Waals surface area contributed by atoms with E-state index in [0.717, 1.165) is 61.2 Å². The number of urea groups is 1. The molecule has 4 aliphatic heterocycles. The standard InChI is InChI=1S/C34H45ClN6O3/c1-23-18-24(20-29(35)32(23)36)19-26(33(43)40-16-8-27(9-17-40)38-12-4-5-13-38)21-31(42)39-14-10-28(11-15-39)41-22-25-6-2-3-7-30(25)37-34(41)44/h2-3,6-7,18,20,26-28H,4-5,8-17,19,21-22,36H2,1H3,(H,37,44)/t26-/m0/s1. The van der Waals surface area contributed by atoms with E-state index in [1.165, 1.54) is 25.9 Å². The average molecular weight is 621 g/mol. The third-order valence-electron chi connectivity index (χ3n) is 10.2. The van der Waals surface area contributed by atoms with Crippen molar-refractivity contribution in [3.63, 3.8) is 0 Å². The third kappa shape index (κ3) is 6.69. The summed E-state index contributed by atoms with van der Waals surface area (Å²) in [6.45, 7) is 7.44. The largest absolute Gasteiger partial charge is 0.397 e. The SMILES string of the molecule is Cc1cc(C[C@@H](CC(=O)N2CCC(N3Cc4ccccc4NC3=O)CC2)C(=O)N2CCC(N3CCCC3)CC2)cc(Cl)c1N. The summed E-state index contributed by atoms with van der Waals surface area (Å²) in [5.74, 6) is -0.408.